The molecule has 0 N–H and O–H groups in total. The van der Waals surface area contributed by atoms with E-state index in [9.17, 15) is 0 Å². The van der Waals surface area contributed by atoms with Crippen LogP contribution in [0, 0.1) is 0 Å². The third-order valence-electron chi connectivity index (χ3n) is 5.51. The van der Waals surface area contributed by atoms with E-state index >= 15 is 0 Å². The number of fused-ring (bicyclic) bond motifs is 7. The van der Waals surface area contributed by atoms with Crippen molar-refractivity contribution in [2.45, 2.75) is 25.7 Å². The molecular formula is C24H21NSe. The molecule has 1 nitrogen and oxygen atoms in total. The zero-order valence-corrected chi connectivity index (χ0v) is 16.5. The Kier molecular flexibility index (Phi) is 3.77. The first-order valence-electron chi connectivity index (χ1n) is 9.25. The number of allylic oxidation sites excluding steroid dienone is 4. The minimum atomic E-state index is 0.468. The summed E-state index contributed by atoms with van der Waals surface area (Å²) in [5.74, 6) is 0. The summed E-state index contributed by atoms with van der Waals surface area (Å²) >= 11 is 0.468. The van der Waals surface area contributed by atoms with Crippen molar-refractivity contribution in [2.75, 3.05) is 0 Å². The summed E-state index contributed by atoms with van der Waals surface area (Å²) in [6, 6.07) is 13.5. The molecule has 0 saturated carbocycles. The molecule has 0 radical (unpaired) electrons. The predicted octanol–water partition coefficient (Wildman–Crippen LogP) is 6.10. The molecule has 0 aliphatic heterocycles. The number of aryl methyl sites for hydroxylation is 2. The van der Waals surface area contributed by atoms with Gasteiger partial charge in [0.25, 0.3) is 0 Å². The van der Waals surface area contributed by atoms with Gasteiger partial charge in [-0.25, -0.2) is 0 Å². The third kappa shape index (κ3) is 2.16. The topological polar surface area (TPSA) is 4.93 Å². The van der Waals surface area contributed by atoms with Gasteiger partial charge in [0.2, 0.25) is 0 Å². The van der Waals surface area contributed by atoms with Crippen LogP contribution >= 0.6 is 0 Å². The number of benzene rings is 2. The molecule has 1 aliphatic carbocycles. The van der Waals surface area contributed by atoms with Crippen LogP contribution in [0.2, 0.25) is 0 Å². The number of hydrogen-bond donors (Lipinski definition) is 0. The number of rotatable bonds is 3. The van der Waals surface area contributed by atoms with E-state index < -0.39 is 0 Å². The van der Waals surface area contributed by atoms with Gasteiger partial charge in [0.15, 0.2) is 0 Å². The molecule has 0 spiro atoms. The van der Waals surface area contributed by atoms with Crippen LogP contribution in [-0.4, -0.2) is 19.1 Å². The van der Waals surface area contributed by atoms with Crippen molar-refractivity contribution in [1.82, 2.24) is 4.57 Å². The Bertz CT molecular complexity index is 1220. The Morgan fingerprint density at radius 3 is 2.65 bits per heavy atom. The number of hydrogen-bond acceptors (Lipinski definition) is 0. The zero-order valence-electron chi connectivity index (χ0n) is 14.8. The van der Waals surface area contributed by atoms with Crippen molar-refractivity contribution < 1.29 is 0 Å². The van der Waals surface area contributed by atoms with Gasteiger partial charge in [0.05, 0.1) is 0 Å². The van der Waals surface area contributed by atoms with Crippen molar-refractivity contribution in [3.05, 3.63) is 77.8 Å². The fraction of sp³-hybridized carbons (Fsp3) is 0.167. The second-order valence-electron chi connectivity index (χ2n) is 6.93. The van der Waals surface area contributed by atoms with Gasteiger partial charge in [0, 0.05) is 0 Å². The molecule has 0 unspecified atom stereocenters. The number of para-hydroxylation sites is 1. The van der Waals surface area contributed by atoms with E-state index in [0.29, 0.717) is 14.5 Å². The monoisotopic (exact) mass is 403 g/mol. The van der Waals surface area contributed by atoms with Crippen molar-refractivity contribution in [3.8, 4) is 0 Å². The Labute approximate surface area is 159 Å². The van der Waals surface area contributed by atoms with Gasteiger partial charge in [-0.05, 0) is 0 Å². The molecule has 0 saturated heterocycles. The second kappa shape index (κ2) is 6.16. The van der Waals surface area contributed by atoms with Crippen molar-refractivity contribution in [2.24, 2.45) is 0 Å². The normalized spacial score (nSPS) is 14.8. The zero-order chi connectivity index (χ0) is 17.7. The number of nitrogens with zero attached hydrogens (tertiary/aromatic N) is 1. The van der Waals surface area contributed by atoms with Crippen molar-refractivity contribution >= 4 is 51.7 Å². The van der Waals surface area contributed by atoms with Crippen LogP contribution in [0.25, 0.3) is 37.1 Å². The molecule has 26 heavy (non-hydrogen) atoms. The van der Waals surface area contributed by atoms with Crippen LogP contribution in [0.15, 0.2) is 67.8 Å². The fourth-order valence-corrected chi connectivity index (χ4v) is 7.44. The summed E-state index contributed by atoms with van der Waals surface area (Å²) in [4.78, 5) is 0. The SMILES string of the molecule is C=C/C=C(\C=C)n1c2ccccc2c2c3[se]c4c(c3ccc21)CCCC4. The maximum atomic E-state index is 4.04. The summed E-state index contributed by atoms with van der Waals surface area (Å²) in [5.41, 5.74) is 5.29. The van der Waals surface area contributed by atoms with Gasteiger partial charge in [0.1, 0.15) is 0 Å². The van der Waals surface area contributed by atoms with Crippen LogP contribution in [0.5, 0.6) is 0 Å². The first-order chi connectivity index (χ1) is 12.8. The second-order valence-corrected chi connectivity index (χ2v) is 9.25. The van der Waals surface area contributed by atoms with Crippen LogP contribution < -0.4 is 0 Å². The van der Waals surface area contributed by atoms with E-state index in [-0.39, 0.29) is 0 Å². The van der Waals surface area contributed by atoms with E-state index in [2.05, 4.69) is 54.1 Å². The Hall–Kier alpha value is -2.28. The Morgan fingerprint density at radius 1 is 0.962 bits per heavy atom. The molecule has 4 aromatic rings. The summed E-state index contributed by atoms with van der Waals surface area (Å²) in [7, 11) is 0. The van der Waals surface area contributed by atoms with Gasteiger partial charge < -0.3 is 0 Å². The Morgan fingerprint density at radius 2 is 1.81 bits per heavy atom. The van der Waals surface area contributed by atoms with Gasteiger partial charge in [-0.1, -0.05) is 0 Å². The summed E-state index contributed by atoms with van der Waals surface area (Å²) in [6.07, 6.45) is 11.1. The predicted molar refractivity (Wildman–Crippen MR) is 115 cm³/mol. The molecule has 128 valence electrons. The van der Waals surface area contributed by atoms with Crippen molar-refractivity contribution in [3.63, 3.8) is 0 Å². The van der Waals surface area contributed by atoms with E-state index in [4.69, 9.17) is 0 Å². The van der Waals surface area contributed by atoms with Crippen LogP contribution in [0.4, 0.5) is 0 Å². The molecule has 5 rings (SSSR count). The first kappa shape index (κ1) is 15.9. The van der Waals surface area contributed by atoms with Crippen molar-refractivity contribution in [1.29, 1.82) is 0 Å². The average Bonchev–Trinajstić information content (AvgIpc) is 3.22. The first-order valence-corrected chi connectivity index (χ1v) is 11.0. The standard InChI is InChI=1S/C24H21NSe/c1-3-9-16(4-2)25-20-12-7-5-11-19(20)23-21(25)15-14-18-17-10-6-8-13-22(17)26-24(18)23/h3-5,7,9,11-12,14-15H,1-2,6,8,10,13H2/b16-9+. The molecule has 0 atom stereocenters. The summed E-state index contributed by atoms with van der Waals surface area (Å²) in [5, 5.41) is 4.34. The molecule has 0 fully saturated rings. The molecule has 2 aromatic heterocycles. The molecule has 0 amide bonds. The van der Waals surface area contributed by atoms with Crippen LogP contribution in [-0.2, 0) is 12.8 Å². The van der Waals surface area contributed by atoms with Gasteiger partial charge in [-0.15, -0.1) is 0 Å². The molecular weight excluding hydrogens is 381 g/mol. The fourth-order valence-electron chi connectivity index (χ4n) is 4.40. The molecule has 1 aliphatic rings. The van der Waals surface area contributed by atoms with E-state index in [1.54, 1.807) is 14.3 Å². The van der Waals surface area contributed by atoms with Gasteiger partial charge in [-0.2, -0.15) is 0 Å². The number of aromatic nitrogens is 1. The third-order valence-corrected chi connectivity index (χ3v) is 8.29. The van der Waals surface area contributed by atoms with Gasteiger partial charge in [-0.3, -0.25) is 0 Å². The molecule has 2 aromatic carbocycles. The van der Waals surface area contributed by atoms with Gasteiger partial charge >= 0.3 is 160 Å². The Balaban J connectivity index is 1.99. The van der Waals surface area contributed by atoms with Crippen LogP contribution in [0.1, 0.15) is 22.8 Å². The molecule has 2 heterocycles. The molecule has 2 heteroatoms. The summed E-state index contributed by atoms with van der Waals surface area (Å²) in [6.45, 7) is 7.92. The molecule has 0 bridgehead atoms. The quantitative estimate of drug-likeness (QED) is 0.288. The van der Waals surface area contributed by atoms with Crippen LogP contribution in [0.3, 0.4) is 0 Å². The minimum absolute atomic E-state index is 0.468. The van der Waals surface area contributed by atoms with E-state index in [1.165, 1.54) is 52.9 Å². The summed E-state index contributed by atoms with van der Waals surface area (Å²) < 4.78 is 5.68. The average molecular weight is 402 g/mol. The van der Waals surface area contributed by atoms with E-state index in [0.717, 1.165) is 5.70 Å². The maximum absolute atomic E-state index is 4.04. The van der Waals surface area contributed by atoms with E-state index in [1.807, 2.05) is 18.2 Å².